The van der Waals surface area contributed by atoms with Gasteiger partial charge in [-0.2, -0.15) is 0 Å². The Hall–Kier alpha value is -1.20. The molecule has 30 nitrogen and oxygen atoms in total. The monoisotopic (exact) mass is 960 g/mol. The fourth-order valence-corrected chi connectivity index (χ4v) is 7.99. The van der Waals surface area contributed by atoms with E-state index < -0.39 is 218 Å². The van der Waals surface area contributed by atoms with Crippen LogP contribution in [0.3, 0.4) is 0 Å². The van der Waals surface area contributed by atoms with E-state index >= 15 is 0 Å². The van der Waals surface area contributed by atoms with Crippen LogP contribution in [-0.4, -0.2) is 315 Å². The van der Waals surface area contributed by atoms with Crippen molar-refractivity contribution >= 4 is 0 Å². The zero-order valence-electron chi connectivity index (χ0n) is 34.0. The lowest BCUT2D eigenvalue weighted by Gasteiger charge is -2.50. The lowest BCUT2D eigenvalue weighted by atomic mass is 9.95. The molecule has 6 saturated heterocycles. The summed E-state index contributed by atoms with van der Waals surface area (Å²) in [6, 6.07) is 0. The van der Waals surface area contributed by atoms with E-state index in [1.54, 1.807) is 0 Å². The van der Waals surface area contributed by atoms with Gasteiger partial charge in [0.05, 0.1) is 39.6 Å². The van der Waals surface area contributed by atoms with Crippen LogP contribution < -0.4 is 0 Å². The lowest BCUT2D eigenvalue weighted by molar-refractivity contribution is -0.403. The molecule has 0 saturated carbocycles. The molecule has 6 heterocycles. The molecule has 0 spiro atoms. The van der Waals surface area contributed by atoms with E-state index in [1.807, 2.05) is 0 Å². The van der Waals surface area contributed by atoms with Crippen molar-refractivity contribution in [3.63, 3.8) is 0 Å². The average molecular weight is 961 g/mol. The van der Waals surface area contributed by atoms with Gasteiger partial charge in [-0.15, -0.1) is 0 Å². The molecule has 29 atom stereocenters. The van der Waals surface area contributed by atoms with E-state index in [2.05, 4.69) is 0 Å². The standard InChI is InChI=1S/C35H60O30/c36-1-8-14(41)19(46)24(51)31(59-8)57-6-12-16(43)20(47)25(52)34(62-12)64-28-17(44)9(2-37)60-35(29(28)65-33-23(50)13(40)7(39)4-55-33)63-27-10(3-38)61-32(26(53)21(27)48)56-5-11-15(42)18(45)22(49)30(54)58-11/h7-54H,1-6H2/t7-,8-,9-,10-,11-,12-,13+,14-,15-,16-,17-,18+,19+,20+,21-,22+,23-,24+,25+,26-,27+,28+,29+,30+,31+,32-,33+,34-,35-/m1/s1. The maximum absolute atomic E-state index is 11.5. The van der Waals surface area contributed by atoms with E-state index in [-0.39, 0.29) is 0 Å². The van der Waals surface area contributed by atoms with Crippen LogP contribution >= 0.6 is 0 Å². The first kappa shape index (κ1) is 53.2. The molecular formula is C35H60O30. The number of aliphatic hydroxyl groups is 19. The minimum Gasteiger partial charge on any atom is -0.394 e. The van der Waals surface area contributed by atoms with Crippen molar-refractivity contribution < 1.29 is 149 Å². The van der Waals surface area contributed by atoms with E-state index in [1.165, 1.54) is 0 Å². The maximum Gasteiger partial charge on any atom is 0.187 e. The highest BCUT2D eigenvalue weighted by Crippen LogP contribution is 2.36. The van der Waals surface area contributed by atoms with Gasteiger partial charge in [-0.1, -0.05) is 0 Å². The second kappa shape index (κ2) is 22.7. The van der Waals surface area contributed by atoms with Crippen LogP contribution in [0.25, 0.3) is 0 Å². The highest BCUT2D eigenvalue weighted by atomic mass is 16.8. The molecule has 0 radical (unpaired) electrons. The quantitative estimate of drug-likeness (QED) is 0.0724. The number of rotatable bonds is 15. The van der Waals surface area contributed by atoms with Crippen LogP contribution in [-0.2, 0) is 52.1 Å². The number of hydrogen-bond acceptors (Lipinski definition) is 30. The Morgan fingerprint density at radius 2 is 0.738 bits per heavy atom. The molecule has 0 aromatic rings. The van der Waals surface area contributed by atoms with Gasteiger partial charge in [0, 0.05) is 0 Å². The first-order chi connectivity index (χ1) is 30.7. The average Bonchev–Trinajstić information content (AvgIpc) is 3.29. The van der Waals surface area contributed by atoms with Crippen molar-refractivity contribution in [3.8, 4) is 0 Å². The van der Waals surface area contributed by atoms with Crippen LogP contribution in [0.5, 0.6) is 0 Å². The van der Waals surface area contributed by atoms with Crippen molar-refractivity contribution in [1.29, 1.82) is 0 Å². The fraction of sp³-hybridized carbons (Fsp3) is 1.00. The SMILES string of the molecule is OC[C@H]1O[C@H](OC[C@H]2O[C@H](O[C@H]3[C@H](O)[C@@H](CO)O[C@H](O[C@@H]4[C@H](O)[C@@H](O)[C@H](OC[C@H]5O[C@H](O)[C@@H](O)[C@@H](O)[C@@H]5O)O[C@@H]4CO)[C@H]3O[C@@H]3OC[C@@H](O)[C@H](O)[C@H]3O)[C@@H](O)[C@@H](O)[C@@H]2O)[C@@H](O)[C@@H](O)[C@@H]1O. The van der Waals surface area contributed by atoms with Crippen LogP contribution in [0.2, 0.25) is 0 Å². The van der Waals surface area contributed by atoms with E-state index in [0.29, 0.717) is 0 Å². The first-order valence-electron chi connectivity index (χ1n) is 20.5. The predicted octanol–water partition coefficient (Wildman–Crippen LogP) is -13.5. The summed E-state index contributed by atoms with van der Waals surface area (Å²) >= 11 is 0. The number of ether oxygens (including phenoxy) is 11. The molecule has 380 valence electrons. The third-order valence-corrected chi connectivity index (χ3v) is 12.0. The molecule has 6 rings (SSSR count). The summed E-state index contributed by atoms with van der Waals surface area (Å²) in [6.45, 7) is -5.04. The summed E-state index contributed by atoms with van der Waals surface area (Å²) in [5, 5.41) is 199. The summed E-state index contributed by atoms with van der Waals surface area (Å²) < 4.78 is 61.4. The highest BCUT2D eigenvalue weighted by Gasteiger charge is 2.57. The normalized spacial score (nSPS) is 53.5. The largest absolute Gasteiger partial charge is 0.394 e. The first-order valence-corrected chi connectivity index (χ1v) is 20.5. The third kappa shape index (κ3) is 11.2. The van der Waals surface area contributed by atoms with E-state index in [4.69, 9.17) is 52.1 Å². The zero-order valence-corrected chi connectivity index (χ0v) is 34.0. The van der Waals surface area contributed by atoms with E-state index in [9.17, 15) is 97.0 Å². The van der Waals surface area contributed by atoms with E-state index in [0.717, 1.165) is 0 Å². The minimum atomic E-state index is -2.18. The van der Waals surface area contributed by atoms with Gasteiger partial charge in [0.1, 0.15) is 140 Å². The maximum atomic E-state index is 11.5. The van der Waals surface area contributed by atoms with Crippen molar-refractivity contribution in [1.82, 2.24) is 0 Å². The smallest absolute Gasteiger partial charge is 0.187 e. The summed E-state index contributed by atoms with van der Waals surface area (Å²) in [6.07, 6.45) is -54.8. The van der Waals surface area contributed by atoms with Gasteiger partial charge in [0.2, 0.25) is 0 Å². The van der Waals surface area contributed by atoms with Crippen molar-refractivity contribution in [3.05, 3.63) is 0 Å². The van der Waals surface area contributed by atoms with Crippen LogP contribution in [0.15, 0.2) is 0 Å². The zero-order chi connectivity index (χ0) is 47.8. The van der Waals surface area contributed by atoms with Crippen LogP contribution in [0, 0.1) is 0 Å². The minimum absolute atomic E-state index is 0.642. The lowest BCUT2D eigenvalue weighted by Crippen LogP contribution is -2.68. The second-order valence-electron chi connectivity index (χ2n) is 16.4. The van der Waals surface area contributed by atoms with Gasteiger partial charge in [0.15, 0.2) is 37.7 Å². The fourth-order valence-electron chi connectivity index (χ4n) is 7.99. The molecule has 6 aliphatic rings. The van der Waals surface area contributed by atoms with Crippen LogP contribution in [0.4, 0.5) is 0 Å². The molecule has 6 fully saturated rings. The second-order valence-corrected chi connectivity index (χ2v) is 16.4. The van der Waals surface area contributed by atoms with Crippen molar-refractivity contribution in [2.75, 3.05) is 39.6 Å². The topological polar surface area (TPSA) is 486 Å². The molecule has 19 N–H and O–H groups in total. The van der Waals surface area contributed by atoms with Crippen molar-refractivity contribution in [2.45, 2.75) is 178 Å². The molecular weight excluding hydrogens is 900 g/mol. The third-order valence-electron chi connectivity index (χ3n) is 12.0. The molecule has 0 aromatic carbocycles. The summed E-state index contributed by atoms with van der Waals surface area (Å²) in [5.74, 6) is 0. The molecule has 30 heteroatoms. The van der Waals surface area contributed by atoms with Gasteiger partial charge in [-0.3, -0.25) is 0 Å². The number of aliphatic hydroxyl groups excluding tert-OH is 19. The Kier molecular flexibility index (Phi) is 18.6. The Labute approximate surface area is 366 Å². The Balaban J connectivity index is 1.22. The summed E-state index contributed by atoms with van der Waals surface area (Å²) in [7, 11) is 0. The molecule has 0 unspecified atom stereocenters. The van der Waals surface area contributed by atoms with Gasteiger partial charge in [0.25, 0.3) is 0 Å². The predicted molar refractivity (Wildman–Crippen MR) is 193 cm³/mol. The Morgan fingerprint density at radius 3 is 1.32 bits per heavy atom. The van der Waals surface area contributed by atoms with Gasteiger partial charge in [-0.25, -0.2) is 0 Å². The van der Waals surface area contributed by atoms with Crippen LogP contribution in [0.1, 0.15) is 0 Å². The molecule has 65 heavy (non-hydrogen) atoms. The molecule has 0 aliphatic carbocycles. The molecule has 0 bridgehead atoms. The Morgan fingerprint density at radius 1 is 0.323 bits per heavy atom. The molecule has 0 amide bonds. The summed E-state index contributed by atoms with van der Waals surface area (Å²) in [5.41, 5.74) is 0. The Bertz CT molecular complexity index is 1450. The molecule has 6 aliphatic heterocycles. The van der Waals surface area contributed by atoms with Crippen molar-refractivity contribution in [2.24, 2.45) is 0 Å². The highest BCUT2D eigenvalue weighted by molar-refractivity contribution is 4.99. The molecule has 0 aromatic heterocycles. The number of hydrogen-bond donors (Lipinski definition) is 19. The van der Waals surface area contributed by atoms with Gasteiger partial charge >= 0.3 is 0 Å². The summed E-state index contributed by atoms with van der Waals surface area (Å²) in [4.78, 5) is 0. The van der Waals surface area contributed by atoms with Gasteiger partial charge < -0.3 is 149 Å². The van der Waals surface area contributed by atoms with Gasteiger partial charge in [-0.05, 0) is 0 Å².